The molecular weight excluding hydrogens is 322 g/mol. The van der Waals surface area contributed by atoms with Crippen LogP contribution in [-0.2, 0) is 6.42 Å². The second-order valence-corrected chi connectivity index (χ2v) is 7.18. The molecule has 0 amide bonds. The van der Waals surface area contributed by atoms with Crippen LogP contribution in [0.2, 0.25) is 5.02 Å². The maximum atomic E-state index is 6.33. The van der Waals surface area contributed by atoms with E-state index in [1.165, 1.54) is 31.2 Å². The number of nitrogens with one attached hydrogen (secondary N) is 1. The van der Waals surface area contributed by atoms with Crippen molar-refractivity contribution in [3.8, 4) is 0 Å². The third-order valence-electron chi connectivity index (χ3n) is 4.46. The fraction of sp³-hybridized carbons (Fsp3) is 0.625. The zero-order valence-electron chi connectivity index (χ0n) is 11.8. The summed E-state index contributed by atoms with van der Waals surface area (Å²) in [4.78, 5) is 0. The summed E-state index contributed by atoms with van der Waals surface area (Å²) in [6.45, 7) is 2.37. The quantitative estimate of drug-likeness (QED) is 0.805. The lowest BCUT2D eigenvalue weighted by Gasteiger charge is -2.33. The Bertz CT molecular complexity index is 413. The van der Waals surface area contributed by atoms with E-state index in [2.05, 4.69) is 47.4 Å². The highest BCUT2D eigenvalue weighted by Gasteiger charge is 2.25. The molecule has 1 aliphatic rings. The van der Waals surface area contributed by atoms with Gasteiger partial charge in [-0.2, -0.15) is 0 Å². The molecule has 0 saturated heterocycles. The third-order valence-corrected chi connectivity index (χ3v) is 5.30. The lowest BCUT2D eigenvalue weighted by atomic mass is 9.78. The van der Waals surface area contributed by atoms with Crippen LogP contribution in [0.25, 0.3) is 0 Å². The standard InChI is InChI=1S/C16H23BrClN/c1-11-3-5-12(6-4-11)16(19-2)9-13-7-8-14(17)10-15(13)18/h7-8,10-12,16,19H,3-6,9H2,1-2H3. The van der Waals surface area contributed by atoms with Crippen LogP contribution >= 0.6 is 27.5 Å². The van der Waals surface area contributed by atoms with Crippen molar-refractivity contribution in [2.24, 2.45) is 11.8 Å². The number of benzene rings is 1. The minimum absolute atomic E-state index is 0.547. The number of likely N-dealkylation sites (N-methyl/N-ethyl adjacent to an activating group) is 1. The van der Waals surface area contributed by atoms with Crippen LogP contribution in [0.15, 0.2) is 22.7 Å². The molecule has 0 aromatic heterocycles. The Kier molecular flexibility index (Phi) is 5.73. The zero-order valence-corrected chi connectivity index (χ0v) is 14.1. The van der Waals surface area contributed by atoms with E-state index in [9.17, 15) is 0 Å². The summed E-state index contributed by atoms with van der Waals surface area (Å²) in [5.41, 5.74) is 1.25. The van der Waals surface area contributed by atoms with Gasteiger partial charge >= 0.3 is 0 Å². The molecule has 1 aliphatic carbocycles. The summed E-state index contributed by atoms with van der Waals surface area (Å²) in [6, 6.07) is 6.76. The Morgan fingerprint density at radius 1 is 1.32 bits per heavy atom. The molecule has 19 heavy (non-hydrogen) atoms. The average Bonchev–Trinajstić information content (AvgIpc) is 2.39. The largest absolute Gasteiger partial charge is 0.316 e. The molecule has 1 N–H and O–H groups in total. The van der Waals surface area contributed by atoms with Crippen LogP contribution in [0, 0.1) is 11.8 Å². The molecule has 1 nitrogen and oxygen atoms in total. The van der Waals surface area contributed by atoms with E-state index < -0.39 is 0 Å². The van der Waals surface area contributed by atoms with Gasteiger partial charge in [-0.15, -0.1) is 0 Å². The molecule has 1 aromatic rings. The molecule has 0 bridgehead atoms. The van der Waals surface area contributed by atoms with Crippen molar-refractivity contribution in [1.29, 1.82) is 0 Å². The number of halogens is 2. The second kappa shape index (κ2) is 7.10. The lowest BCUT2D eigenvalue weighted by molar-refractivity contribution is 0.235. The van der Waals surface area contributed by atoms with Gasteiger partial charge in [0.05, 0.1) is 0 Å². The van der Waals surface area contributed by atoms with E-state index in [-0.39, 0.29) is 0 Å². The van der Waals surface area contributed by atoms with E-state index in [1.807, 2.05) is 6.07 Å². The van der Waals surface area contributed by atoms with Crippen LogP contribution in [0.5, 0.6) is 0 Å². The monoisotopic (exact) mass is 343 g/mol. The molecule has 1 unspecified atom stereocenters. The molecular formula is C16H23BrClN. The highest BCUT2D eigenvalue weighted by Crippen LogP contribution is 2.32. The fourth-order valence-corrected chi connectivity index (χ4v) is 3.87. The number of hydrogen-bond acceptors (Lipinski definition) is 1. The van der Waals surface area contributed by atoms with Crippen molar-refractivity contribution in [3.63, 3.8) is 0 Å². The van der Waals surface area contributed by atoms with Crippen LogP contribution < -0.4 is 5.32 Å². The minimum Gasteiger partial charge on any atom is -0.316 e. The Morgan fingerprint density at radius 2 is 2.00 bits per heavy atom. The van der Waals surface area contributed by atoms with Crippen molar-refractivity contribution in [3.05, 3.63) is 33.3 Å². The number of hydrogen-bond donors (Lipinski definition) is 1. The first-order chi connectivity index (χ1) is 9.10. The van der Waals surface area contributed by atoms with Gasteiger partial charge in [-0.25, -0.2) is 0 Å². The Hall–Kier alpha value is -0.0500. The summed E-state index contributed by atoms with van der Waals surface area (Å²) >= 11 is 9.80. The van der Waals surface area contributed by atoms with Gasteiger partial charge < -0.3 is 5.32 Å². The molecule has 1 fully saturated rings. The van der Waals surface area contributed by atoms with Crippen molar-refractivity contribution in [2.75, 3.05) is 7.05 Å². The number of rotatable bonds is 4. The minimum atomic E-state index is 0.547. The van der Waals surface area contributed by atoms with Gasteiger partial charge in [-0.1, -0.05) is 53.4 Å². The highest BCUT2D eigenvalue weighted by atomic mass is 79.9. The van der Waals surface area contributed by atoms with Crippen LogP contribution in [0.4, 0.5) is 0 Å². The summed E-state index contributed by atoms with van der Waals surface area (Å²) < 4.78 is 1.05. The third kappa shape index (κ3) is 4.21. The van der Waals surface area contributed by atoms with E-state index >= 15 is 0 Å². The topological polar surface area (TPSA) is 12.0 Å². The van der Waals surface area contributed by atoms with Crippen molar-refractivity contribution < 1.29 is 0 Å². The maximum absolute atomic E-state index is 6.33. The SMILES string of the molecule is CNC(Cc1ccc(Br)cc1Cl)C1CCC(C)CC1. The average molecular weight is 345 g/mol. The van der Waals surface area contributed by atoms with Crippen LogP contribution in [0.3, 0.4) is 0 Å². The molecule has 3 heteroatoms. The molecule has 0 aliphatic heterocycles. The van der Waals surface area contributed by atoms with Crippen LogP contribution in [0.1, 0.15) is 38.2 Å². The maximum Gasteiger partial charge on any atom is 0.0449 e. The molecule has 1 atom stereocenters. The predicted molar refractivity (Wildman–Crippen MR) is 86.8 cm³/mol. The summed E-state index contributed by atoms with van der Waals surface area (Å²) in [6.07, 6.45) is 6.47. The van der Waals surface area contributed by atoms with Gasteiger partial charge in [0, 0.05) is 15.5 Å². The summed E-state index contributed by atoms with van der Waals surface area (Å²) in [5.74, 6) is 1.70. The van der Waals surface area contributed by atoms with Crippen LogP contribution in [-0.4, -0.2) is 13.1 Å². The van der Waals surface area contributed by atoms with Crippen molar-refractivity contribution >= 4 is 27.5 Å². The zero-order chi connectivity index (χ0) is 13.8. The molecule has 1 aromatic carbocycles. The predicted octanol–water partition coefficient (Wildman–Crippen LogP) is 5.06. The molecule has 0 heterocycles. The van der Waals surface area contributed by atoms with Gasteiger partial charge in [0.1, 0.15) is 0 Å². The molecule has 0 radical (unpaired) electrons. The first kappa shape index (κ1) is 15.3. The lowest BCUT2D eigenvalue weighted by Crippen LogP contribution is -2.37. The van der Waals surface area contributed by atoms with E-state index in [0.717, 1.165) is 27.8 Å². The molecule has 106 valence electrons. The normalized spacial score (nSPS) is 25.3. The second-order valence-electron chi connectivity index (χ2n) is 5.85. The van der Waals surface area contributed by atoms with Crippen molar-refractivity contribution in [1.82, 2.24) is 5.32 Å². The first-order valence-corrected chi connectivity index (χ1v) is 8.38. The molecule has 1 saturated carbocycles. The van der Waals surface area contributed by atoms with Gasteiger partial charge in [-0.3, -0.25) is 0 Å². The van der Waals surface area contributed by atoms with Gasteiger partial charge in [0.25, 0.3) is 0 Å². The summed E-state index contributed by atoms with van der Waals surface area (Å²) in [5, 5.41) is 4.38. The first-order valence-electron chi connectivity index (χ1n) is 7.21. The van der Waals surface area contributed by atoms with E-state index in [1.54, 1.807) is 0 Å². The van der Waals surface area contributed by atoms with E-state index in [0.29, 0.717) is 6.04 Å². The molecule has 2 rings (SSSR count). The Labute approximate surface area is 130 Å². The molecule has 0 spiro atoms. The van der Waals surface area contributed by atoms with Crippen molar-refractivity contribution in [2.45, 2.75) is 45.1 Å². The summed E-state index contributed by atoms with van der Waals surface area (Å²) in [7, 11) is 2.08. The Balaban J connectivity index is 2.02. The van der Waals surface area contributed by atoms with Gasteiger partial charge in [-0.05, 0) is 55.8 Å². The van der Waals surface area contributed by atoms with E-state index in [4.69, 9.17) is 11.6 Å². The van der Waals surface area contributed by atoms with Gasteiger partial charge in [0.15, 0.2) is 0 Å². The smallest absolute Gasteiger partial charge is 0.0449 e. The highest BCUT2D eigenvalue weighted by molar-refractivity contribution is 9.10. The van der Waals surface area contributed by atoms with Gasteiger partial charge in [0.2, 0.25) is 0 Å². The fourth-order valence-electron chi connectivity index (χ4n) is 3.12. The Morgan fingerprint density at radius 3 is 2.58 bits per heavy atom.